The van der Waals surface area contributed by atoms with Gasteiger partial charge in [0.25, 0.3) is 0 Å². The maximum absolute atomic E-state index is 6.02. The maximum Gasteiger partial charge on any atom is 0.119 e. The Labute approximate surface area is 122 Å². The lowest BCUT2D eigenvalue weighted by atomic mass is 10.1. The second kappa shape index (κ2) is 6.59. The molecule has 1 fully saturated rings. The van der Waals surface area contributed by atoms with E-state index in [1.54, 1.807) is 0 Å². The summed E-state index contributed by atoms with van der Waals surface area (Å²) in [5.74, 6) is 0.935. The zero-order chi connectivity index (χ0) is 14.6. The van der Waals surface area contributed by atoms with Crippen LogP contribution in [0.5, 0.6) is 5.75 Å². The van der Waals surface area contributed by atoms with Gasteiger partial charge in [0, 0.05) is 12.1 Å². The third-order valence-corrected chi connectivity index (χ3v) is 3.48. The van der Waals surface area contributed by atoms with Gasteiger partial charge in [0.15, 0.2) is 0 Å². The van der Waals surface area contributed by atoms with Crippen LogP contribution in [0.3, 0.4) is 0 Å². The molecule has 0 saturated carbocycles. The highest BCUT2D eigenvalue weighted by molar-refractivity contribution is 5.27. The molecular weight excluding hydrogens is 250 g/mol. The molecule has 0 aromatic heterocycles. The minimum atomic E-state index is 0.152. The van der Waals surface area contributed by atoms with Gasteiger partial charge in [-0.2, -0.15) is 0 Å². The molecule has 0 bridgehead atoms. The Kier molecular flexibility index (Phi) is 5.06. The van der Waals surface area contributed by atoms with Crippen LogP contribution in [0.1, 0.15) is 39.2 Å². The first-order valence-corrected chi connectivity index (χ1v) is 7.52. The van der Waals surface area contributed by atoms with Crippen LogP contribution in [0.2, 0.25) is 0 Å². The molecule has 0 spiro atoms. The van der Waals surface area contributed by atoms with Gasteiger partial charge in [-0.25, -0.2) is 0 Å². The summed E-state index contributed by atoms with van der Waals surface area (Å²) < 4.78 is 11.8. The summed E-state index contributed by atoms with van der Waals surface area (Å²) in [5.41, 5.74) is 1.38. The Morgan fingerprint density at radius 1 is 1.25 bits per heavy atom. The molecule has 0 aliphatic carbocycles. The minimum absolute atomic E-state index is 0.152. The number of benzene rings is 1. The standard InChI is InChI=1S/C17H27NO2/c1-13-6-5-7-14(10-13)19-12-16-9-8-15(20-16)11-18-17(2,3)4/h5-7,10,15-16,18H,8-9,11-12H2,1-4H3. The number of hydrogen-bond donors (Lipinski definition) is 1. The SMILES string of the molecule is Cc1cccc(OCC2CCC(CNC(C)(C)C)O2)c1. The fourth-order valence-electron chi connectivity index (χ4n) is 2.37. The smallest absolute Gasteiger partial charge is 0.119 e. The zero-order valence-corrected chi connectivity index (χ0v) is 13.1. The van der Waals surface area contributed by atoms with Crippen LogP contribution in [0.25, 0.3) is 0 Å². The third kappa shape index (κ3) is 5.14. The number of hydrogen-bond acceptors (Lipinski definition) is 3. The molecule has 1 aromatic rings. The van der Waals surface area contributed by atoms with Gasteiger partial charge < -0.3 is 14.8 Å². The van der Waals surface area contributed by atoms with Gasteiger partial charge in [-0.15, -0.1) is 0 Å². The van der Waals surface area contributed by atoms with Gasteiger partial charge in [0.05, 0.1) is 12.2 Å². The van der Waals surface area contributed by atoms with Crippen molar-refractivity contribution < 1.29 is 9.47 Å². The highest BCUT2D eigenvalue weighted by Crippen LogP contribution is 2.21. The topological polar surface area (TPSA) is 30.5 Å². The summed E-state index contributed by atoms with van der Waals surface area (Å²) in [5, 5.41) is 3.50. The molecule has 2 atom stereocenters. The molecule has 3 nitrogen and oxygen atoms in total. The molecule has 1 aliphatic heterocycles. The average Bonchev–Trinajstić information content (AvgIpc) is 2.81. The molecule has 1 saturated heterocycles. The second-order valence-corrected chi connectivity index (χ2v) is 6.72. The van der Waals surface area contributed by atoms with Gasteiger partial charge in [-0.05, 0) is 58.2 Å². The largest absolute Gasteiger partial charge is 0.491 e. The Balaban J connectivity index is 1.71. The van der Waals surface area contributed by atoms with E-state index in [4.69, 9.17) is 9.47 Å². The van der Waals surface area contributed by atoms with Crippen LogP contribution >= 0.6 is 0 Å². The van der Waals surface area contributed by atoms with Crippen molar-refractivity contribution in [3.8, 4) is 5.75 Å². The van der Waals surface area contributed by atoms with E-state index < -0.39 is 0 Å². The van der Waals surface area contributed by atoms with E-state index in [0.29, 0.717) is 12.7 Å². The predicted octanol–water partition coefficient (Wildman–Crippen LogP) is 3.31. The van der Waals surface area contributed by atoms with E-state index in [9.17, 15) is 0 Å². The van der Waals surface area contributed by atoms with Gasteiger partial charge in [0.2, 0.25) is 0 Å². The van der Waals surface area contributed by atoms with Crippen molar-refractivity contribution in [2.75, 3.05) is 13.2 Å². The molecule has 3 heteroatoms. The summed E-state index contributed by atoms with van der Waals surface area (Å²) in [6.07, 6.45) is 2.75. The van der Waals surface area contributed by atoms with Crippen molar-refractivity contribution in [2.45, 2.75) is 58.3 Å². The lowest BCUT2D eigenvalue weighted by Gasteiger charge is -2.23. The highest BCUT2D eigenvalue weighted by atomic mass is 16.5. The van der Waals surface area contributed by atoms with Crippen LogP contribution in [-0.2, 0) is 4.74 Å². The second-order valence-electron chi connectivity index (χ2n) is 6.72. The highest BCUT2D eigenvalue weighted by Gasteiger charge is 2.26. The zero-order valence-electron chi connectivity index (χ0n) is 13.1. The molecule has 112 valence electrons. The predicted molar refractivity (Wildman–Crippen MR) is 82.3 cm³/mol. The maximum atomic E-state index is 6.02. The number of aryl methyl sites for hydroxylation is 1. The molecule has 1 aromatic carbocycles. The monoisotopic (exact) mass is 277 g/mol. The normalized spacial score (nSPS) is 23.0. The van der Waals surface area contributed by atoms with E-state index in [1.807, 2.05) is 12.1 Å². The summed E-state index contributed by atoms with van der Waals surface area (Å²) >= 11 is 0. The Hall–Kier alpha value is -1.06. The van der Waals surface area contributed by atoms with Crippen LogP contribution in [0, 0.1) is 6.92 Å². The first-order valence-electron chi connectivity index (χ1n) is 7.52. The summed E-state index contributed by atoms with van der Waals surface area (Å²) in [4.78, 5) is 0. The molecular formula is C17H27NO2. The van der Waals surface area contributed by atoms with E-state index >= 15 is 0 Å². The van der Waals surface area contributed by atoms with E-state index in [0.717, 1.165) is 25.1 Å². The molecule has 0 radical (unpaired) electrons. The van der Waals surface area contributed by atoms with Crippen molar-refractivity contribution in [1.29, 1.82) is 0 Å². The van der Waals surface area contributed by atoms with Crippen LogP contribution in [0.15, 0.2) is 24.3 Å². The van der Waals surface area contributed by atoms with E-state index in [-0.39, 0.29) is 11.6 Å². The van der Waals surface area contributed by atoms with Gasteiger partial charge >= 0.3 is 0 Å². The average molecular weight is 277 g/mol. The Bertz CT molecular complexity index is 425. The first-order chi connectivity index (χ1) is 9.42. The van der Waals surface area contributed by atoms with Crippen molar-refractivity contribution in [1.82, 2.24) is 5.32 Å². The number of nitrogens with one attached hydrogen (secondary N) is 1. The lowest BCUT2D eigenvalue weighted by Crippen LogP contribution is -2.41. The lowest BCUT2D eigenvalue weighted by molar-refractivity contribution is 0.0162. The van der Waals surface area contributed by atoms with Crippen molar-refractivity contribution >= 4 is 0 Å². The van der Waals surface area contributed by atoms with Crippen molar-refractivity contribution in [3.05, 3.63) is 29.8 Å². The van der Waals surface area contributed by atoms with Crippen molar-refractivity contribution in [2.24, 2.45) is 0 Å². The quantitative estimate of drug-likeness (QED) is 0.895. The molecule has 1 N–H and O–H groups in total. The minimum Gasteiger partial charge on any atom is -0.491 e. The van der Waals surface area contributed by atoms with E-state index in [1.165, 1.54) is 5.56 Å². The Morgan fingerprint density at radius 2 is 2.00 bits per heavy atom. The molecule has 1 heterocycles. The molecule has 0 amide bonds. The van der Waals surface area contributed by atoms with Crippen LogP contribution in [-0.4, -0.2) is 30.9 Å². The van der Waals surface area contributed by atoms with Crippen molar-refractivity contribution in [3.63, 3.8) is 0 Å². The van der Waals surface area contributed by atoms with Gasteiger partial charge in [-0.3, -0.25) is 0 Å². The van der Waals surface area contributed by atoms with Crippen LogP contribution < -0.4 is 10.1 Å². The summed E-state index contributed by atoms with van der Waals surface area (Å²) in [6, 6.07) is 8.16. The molecule has 2 rings (SSSR count). The summed E-state index contributed by atoms with van der Waals surface area (Å²) in [6.45, 7) is 10.2. The fourth-order valence-corrected chi connectivity index (χ4v) is 2.37. The summed E-state index contributed by atoms with van der Waals surface area (Å²) in [7, 11) is 0. The third-order valence-electron chi connectivity index (χ3n) is 3.48. The van der Waals surface area contributed by atoms with E-state index in [2.05, 4.69) is 45.1 Å². The van der Waals surface area contributed by atoms with Gasteiger partial charge in [0.1, 0.15) is 12.4 Å². The van der Waals surface area contributed by atoms with Gasteiger partial charge in [-0.1, -0.05) is 12.1 Å². The molecule has 1 aliphatic rings. The first kappa shape index (κ1) is 15.3. The molecule has 20 heavy (non-hydrogen) atoms. The fraction of sp³-hybridized carbons (Fsp3) is 0.647. The molecule has 2 unspecified atom stereocenters. The Morgan fingerprint density at radius 3 is 2.70 bits per heavy atom. The van der Waals surface area contributed by atoms with Crippen LogP contribution in [0.4, 0.5) is 0 Å². The number of rotatable bonds is 5. The number of ether oxygens (including phenoxy) is 2.